The van der Waals surface area contributed by atoms with Gasteiger partial charge in [0, 0.05) is 12.6 Å². The molecule has 0 saturated carbocycles. The molecule has 1 aromatic heterocycles. The van der Waals surface area contributed by atoms with Gasteiger partial charge in [-0.2, -0.15) is 0 Å². The molecule has 2 rings (SSSR count). The molecular formula is C14H19BClNO3. The van der Waals surface area contributed by atoms with Gasteiger partial charge in [-0.15, -0.1) is 0 Å². The monoisotopic (exact) mass is 295 g/mol. The van der Waals surface area contributed by atoms with Crippen LogP contribution in [-0.4, -0.2) is 29.1 Å². The summed E-state index contributed by atoms with van der Waals surface area (Å²) in [5, 5.41) is 0.501. The van der Waals surface area contributed by atoms with Crippen LogP contribution in [0.4, 0.5) is 0 Å². The first kappa shape index (κ1) is 15.5. The summed E-state index contributed by atoms with van der Waals surface area (Å²) in [5.74, 6) is 0.0480. The van der Waals surface area contributed by atoms with E-state index in [2.05, 4.69) is 4.98 Å². The number of ketones is 1. The Morgan fingerprint density at radius 2 is 1.85 bits per heavy atom. The number of carbonyl (C=O) groups is 1. The van der Waals surface area contributed by atoms with Crippen molar-refractivity contribution in [1.82, 2.24) is 4.98 Å². The fourth-order valence-electron chi connectivity index (χ4n) is 2.07. The van der Waals surface area contributed by atoms with Crippen molar-refractivity contribution >= 4 is 30.1 Å². The van der Waals surface area contributed by atoms with E-state index in [1.807, 2.05) is 27.7 Å². The van der Waals surface area contributed by atoms with Crippen molar-refractivity contribution in [2.75, 3.05) is 0 Å². The molecule has 0 radical (unpaired) electrons. The number of halogens is 1. The lowest BCUT2D eigenvalue weighted by molar-refractivity contribution is -0.116. The Labute approximate surface area is 125 Å². The van der Waals surface area contributed by atoms with Crippen LogP contribution in [-0.2, 0) is 20.5 Å². The van der Waals surface area contributed by atoms with Gasteiger partial charge in [0.2, 0.25) is 0 Å². The van der Waals surface area contributed by atoms with Gasteiger partial charge in [-0.25, -0.2) is 0 Å². The second-order valence-corrected chi connectivity index (χ2v) is 6.60. The van der Waals surface area contributed by atoms with Crippen LogP contribution in [0.1, 0.15) is 40.2 Å². The molecule has 6 heteroatoms. The molecule has 1 aliphatic rings. The van der Waals surface area contributed by atoms with E-state index in [0.29, 0.717) is 10.6 Å². The van der Waals surface area contributed by atoms with Gasteiger partial charge in [0.15, 0.2) is 0 Å². The molecule has 1 aromatic rings. The Kier molecular flexibility index (Phi) is 3.97. The Bertz CT molecular complexity index is 529. The number of nitrogens with zero attached hydrogens (tertiary/aromatic N) is 1. The number of rotatable bonds is 3. The number of carbonyl (C=O) groups excluding carboxylic acids is 1. The molecule has 0 aliphatic carbocycles. The van der Waals surface area contributed by atoms with Gasteiger partial charge in [0.05, 0.1) is 21.8 Å². The van der Waals surface area contributed by atoms with Crippen LogP contribution in [0, 0.1) is 0 Å². The van der Waals surface area contributed by atoms with Crippen molar-refractivity contribution in [1.29, 1.82) is 0 Å². The predicted octanol–water partition coefficient (Wildman–Crippen LogP) is 2.17. The highest BCUT2D eigenvalue weighted by Gasteiger charge is 2.52. The number of hydrogen-bond donors (Lipinski definition) is 0. The average molecular weight is 296 g/mol. The topological polar surface area (TPSA) is 48.4 Å². The smallest absolute Gasteiger partial charge is 0.398 e. The van der Waals surface area contributed by atoms with Crippen molar-refractivity contribution in [3.63, 3.8) is 0 Å². The third-order valence-electron chi connectivity index (χ3n) is 3.88. The minimum atomic E-state index is -0.577. The fraction of sp³-hybridized carbons (Fsp3) is 0.571. The summed E-state index contributed by atoms with van der Waals surface area (Å²) < 4.78 is 11.9. The zero-order valence-electron chi connectivity index (χ0n) is 12.5. The molecule has 1 fully saturated rings. The molecule has 0 aromatic carbocycles. The number of hydrogen-bond acceptors (Lipinski definition) is 4. The van der Waals surface area contributed by atoms with Crippen molar-refractivity contribution < 1.29 is 14.1 Å². The maximum Gasteiger partial charge on any atom is 0.514 e. The van der Waals surface area contributed by atoms with Gasteiger partial charge in [0.1, 0.15) is 5.78 Å². The standard InChI is InChI=1S/C14H19BClNO3/c1-9(18)6-10-7-11(16)8-17-12(10)15-19-13(2,3)14(4,5)20-15/h7-8H,6H2,1-5H3. The summed E-state index contributed by atoms with van der Waals surface area (Å²) in [7, 11) is -0.577. The van der Waals surface area contributed by atoms with E-state index in [0.717, 1.165) is 5.56 Å². The first-order chi connectivity index (χ1) is 9.12. The maximum atomic E-state index is 11.4. The third-order valence-corrected chi connectivity index (χ3v) is 4.09. The summed E-state index contributed by atoms with van der Waals surface area (Å²) in [4.78, 5) is 15.7. The first-order valence-corrected chi connectivity index (χ1v) is 6.99. The molecule has 0 atom stereocenters. The van der Waals surface area contributed by atoms with Crippen LogP contribution in [0.3, 0.4) is 0 Å². The van der Waals surface area contributed by atoms with Crippen LogP contribution >= 0.6 is 11.6 Å². The number of aromatic nitrogens is 1. The Hall–Kier alpha value is -0.905. The van der Waals surface area contributed by atoms with Crippen LogP contribution in [0.25, 0.3) is 0 Å². The second kappa shape index (κ2) is 5.13. The Morgan fingerprint density at radius 3 is 2.35 bits per heavy atom. The van der Waals surface area contributed by atoms with Crippen LogP contribution in [0.2, 0.25) is 5.02 Å². The zero-order chi connectivity index (χ0) is 15.1. The lowest BCUT2D eigenvalue weighted by atomic mass is 9.80. The minimum Gasteiger partial charge on any atom is -0.398 e. The van der Waals surface area contributed by atoms with Gasteiger partial charge >= 0.3 is 7.12 Å². The second-order valence-electron chi connectivity index (χ2n) is 6.16. The van der Waals surface area contributed by atoms with Crippen molar-refractivity contribution in [3.05, 3.63) is 22.8 Å². The van der Waals surface area contributed by atoms with Crippen LogP contribution < -0.4 is 5.59 Å². The van der Waals surface area contributed by atoms with Crippen molar-refractivity contribution in [3.8, 4) is 0 Å². The maximum absolute atomic E-state index is 11.4. The van der Waals surface area contributed by atoms with E-state index >= 15 is 0 Å². The van der Waals surface area contributed by atoms with E-state index < -0.39 is 18.3 Å². The highest BCUT2D eigenvalue weighted by molar-refractivity contribution is 6.61. The van der Waals surface area contributed by atoms with E-state index in [1.165, 1.54) is 6.92 Å². The third kappa shape index (κ3) is 2.90. The van der Waals surface area contributed by atoms with Gasteiger partial charge in [-0.05, 0) is 46.2 Å². The van der Waals surface area contributed by atoms with Gasteiger partial charge in [0.25, 0.3) is 0 Å². The minimum absolute atomic E-state index is 0.0480. The molecule has 0 N–H and O–H groups in total. The Balaban J connectivity index is 2.37. The van der Waals surface area contributed by atoms with Crippen molar-refractivity contribution in [2.45, 2.75) is 52.2 Å². The molecule has 0 amide bonds. The highest BCUT2D eigenvalue weighted by Crippen LogP contribution is 2.36. The predicted molar refractivity (Wildman–Crippen MR) is 79.3 cm³/mol. The summed E-state index contributed by atoms with van der Waals surface area (Å²) >= 11 is 5.96. The molecule has 1 saturated heterocycles. The van der Waals surface area contributed by atoms with E-state index in [4.69, 9.17) is 20.9 Å². The zero-order valence-corrected chi connectivity index (χ0v) is 13.2. The van der Waals surface area contributed by atoms with Gasteiger partial charge in [-0.3, -0.25) is 9.78 Å². The van der Waals surface area contributed by atoms with Crippen LogP contribution in [0.15, 0.2) is 12.3 Å². The van der Waals surface area contributed by atoms with Gasteiger partial charge < -0.3 is 9.31 Å². The first-order valence-electron chi connectivity index (χ1n) is 6.62. The van der Waals surface area contributed by atoms with Gasteiger partial charge in [-0.1, -0.05) is 11.6 Å². The molecule has 0 bridgehead atoms. The molecule has 20 heavy (non-hydrogen) atoms. The number of pyridine rings is 1. The van der Waals surface area contributed by atoms with Crippen LogP contribution in [0.5, 0.6) is 0 Å². The van der Waals surface area contributed by atoms with E-state index in [9.17, 15) is 4.79 Å². The van der Waals surface area contributed by atoms with E-state index in [-0.39, 0.29) is 12.2 Å². The molecule has 1 aliphatic heterocycles. The SMILES string of the molecule is CC(=O)Cc1cc(Cl)cnc1B1OC(C)(C)C(C)(C)O1. The molecule has 108 valence electrons. The van der Waals surface area contributed by atoms with Crippen molar-refractivity contribution in [2.24, 2.45) is 0 Å². The molecule has 4 nitrogen and oxygen atoms in total. The lowest BCUT2D eigenvalue weighted by Crippen LogP contribution is -2.41. The lowest BCUT2D eigenvalue weighted by Gasteiger charge is -2.32. The largest absolute Gasteiger partial charge is 0.514 e. The number of Topliss-reactive ketones (excluding diaryl/α,β-unsaturated/α-hetero) is 1. The molecule has 0 unspecified atom stereocenters. The molecular weight excluding hydrogens is 276 g/mol. The fourth-order valence-corrected chi connectivity index (χ4v) is 2.25. The summed E-state index contributed by atoms with van der Waals surface area (Å²) in [6.45, 7) is 9.46. The summed E-state index contributed by atoms with van der Waals surface area (Å²) in [5.41, 5.74) is 0.505. The summed E-state index contributed by atoms with van der Waals surface area (Å²) in [6, 6.07) is 1.75. The molecule has 2 heterocycles. The molecule has 0 spiro atoms. The van der Waals surface area contributed by atoms with E-state index in [1.54, 1.807) is 12.3 Å². The Morgan fingerprint density at radius 1 is 1.30 bits per heavy atom. The highest BCUT2D eigenvalue weighted by atomic mass is 35.5. The summed E-state index contributed by atoms with van der Waals surface area (Å²) in [6.07, 6.45) is 1.82. The normalized spacial score (nSPS) is 20.2. The average Bonchev–Trinajstić information content (AvgIpc) is 2.46. The quantitative estimate of drug-likeness (QED) is 0.802.